The van der Waals surface area contributed by atoms with Crippen LogP contribution in [0.3, 0.4) is 0 Å². The summed E-state index contributed by atoms with van der Waals surface area (Å²) in [5, 5.41) is 3.22. The molecule has 1 aliphatic rings. The van der Waals surface area contributed by atoms with Gasteiger partial charge in [-0.3, -0.25) is 20.4 Å². The monoisotopic (exact) mass is 413 g/mol. The van der Waals surface area contributed by atoms with Crippen LogP contribution in [0.15, 0.2) is 0 Å². The van der Waals surface area contributed by atoms with Crippen molar-refractivity contribution in [2.75, 3.05) is 38.3 Å². The molecule has 0 aromatic carbocycles. The molecule has 10 nitrogen and oxygen atoms in total. The van der Waals surface area contributed by atoms with Gasteiger partial charge in [-0.2, -0.15) is 0 Å². The molecule has 1 aliphatic heterocycles. The number of nitrogens with one attached hydrogen (secondary N) is 3. The smallest absolute Gasteiger partial charge is 0.407 e. The predicted molar refractivity (Wildman–Crippen MR) is 104 cm³/mol. The van der Waals surface area contributed by atoms with Crippen molar-refractivity contribution in [2.24, 2.45) is 5.92 Å². The van der Waals surface area contributed by atoms with E-state index in [-0.39, 0.29) is 5.92 Å². The lowest BCUT2D eigenvalue weighted by Gasteiger charge is -2.26. The number of morpholine rings is 1. The number of hydrogen-bond acceptors (Lipinski definition) is 8. The molecular weight excluding hydrogens is 386 g/mol. The van der Waals surface area contributed by atoms with Gasteiger partial charge in [-0.1, -0.05) is 25.2 Å². The van der Waals surface area contributed by atoms with Crippen molar-refractivity contribution < 1.29 is 23.9 Å². The summed E-state index contributed by atoms with van der Waals surface area (Å²) < 4.78 is 9.87. The topological polar surface area (TPSA) is 122 Å². The number of carbonyl (C=O) groups is 3. The molecule has 1 atom stereocenters. The Morgan fingerprint density at radius 2 is 1.93 bits per heavy atom. The van der Waals surface area contributed by atoms with Crippen LogP contribution in [-0.4, -0.2) is 62.3 Å². The molecular formula is C17H27N5O5S. The summed E-state index contributed by atoms with van der Waals surface area (Å²) in [6.45, 7) is 8.29. The maximum Gasteiger partial charge on any atom is 0.407 e. The lowest BCUT2D eigenvalue weighted by molar-refractivity contribution is -0.124. The van der Waals surface area contributed by atoms with Crippen LogP contribution < -0.4 is 21.1 Å². The molecule has 2 rings (SSSR count). The number of alkyl carbamates (subject to hydrolysis) is 1. The second kappa shape index (κ2) is 10.2. The number of methoxy groups -OCH3 is 1. The van der Waals surface area contributed by atoms with Gasteiger partial charge in [-0.05, 0) is 19.3 Å². The summed E-state index contributed by atoms with van der Waals surface area (Å²) in [5.41, 5.74) is 5.35. The summed E-state index contributed by atoms with van der Waals surface area (Å²) >= 11 is 1.27. The Morgan fingerprint density at radius 1 is 1.25 bits per heavy atom. The van der Waals surface area contributed by atoms with Gasteiger partial charge >= 0.3 is 6.09 Å². The molecule has 3 amide bonds. The highest BCUT2D eigenvalue weighted by molar-refractivity contribution is 7.17. The van der Waals surface area contributed by atoms with Crippen molar-refractivity contribution in [1.82, 2.24) is 21.2 Å². The van der Waals surface area contributed by atoms with E-state index < -0.39 is 23.9 Å². The highest BCUT2D eigenvalue weighted by Gasteiger charge is 2.24. The Kier molecular flexibility index (Phi) is 8.00. The van der Waals surface area contributed by atoms with Crippen LogP contribution in [0.5, 0.6) is 0 Å². The third kappa shape index (κ3) is 6.06. The van der Waals surface area contributed by atoms with E-state index in [1.165, 1.54) is 18.4 Å². The van der Waals surface area contributed by atoms with Gasteiger partial charge in [0, 0.05) is 13.1 Å². The Balaban J connectivity index is 1.96. The highest BCUT2D eigenvalue weighted by atomic mass is 32.1. The van der Waals surface area contributed by atoms with Crippen molar-refractivity contribution in [1.29, 1.82) is 0 Å². The maximum atomic E-state index is 12.5. The first-order chi connectivity index (χ1) is 13.3. The molecule has 0 aliphatic carbocycles. The van der Waals surface area contributed by atoms with E-state index in [2.05, 4.69) is 30.8 Å². The molecule has 2 heterocycles. The summed E-state index contributed by atoms with van der Waals surface area (Å²) in [5.74, 6) is -0.823. The van der Waals surface area contributed by atoms with Gasteiger partial charge in [0.2, 0.25) is 0 Å². The van der Waals surface area contributed by atoms with Crippen LogP contribution in [0.2, 0.25) is 0 Å². The number of nitrogens with zero attached hydrogens (tertiary/aromatic N) is 2. The fourth-order valence-corrected chi connectivity index (χ4v) is 3.66. The van der Waals surface area contributed by atoms with Crippen molar-refractivity contribution >= 4 is 34.4 Å². The number of aryl methyl sites for hydroxylation is 1. The number of thiazole rings is 1. The van der Waals surface area contributed by atoms with Crippen LogP contribution in [0.4, 0.5) is 9.93 Å². The van der Waals surface area contributed by atoms with E-state index in [9.17, 15) is 14.4 Å². The van der Waals surface area contributed by atoms with Crippen LogP contribution in [-0.2, 0) is 14.3 Å². The normalized spacial score (nSPS) is 15.1. The average molecular weight is 414 g/mol. The first kappa shape index (κ1) is 21.9. The molecule has 0 spiro atoms. The third-order valence-electron chi connectivity index (χ3n) is 4.07. The Bertz CT molecular complexity index is 702. The van der Waals surface area contributed by atoms with Gasteiger partial charge < -0.3 is 19.7 Å². The second-order valence-electron chi connectivity index (χ2n) is 6.77. The molecule has 28 heavy (non-hydrogen) atoms. The molecule has 1 fully saturated rings. The molecule has 1 unspecified atom stereocenters. The van der Waals surface area contributed by atoms with E-state index in [4.69, 9.17) is 4.74 Å². The summed E-state index contributed by atoms with van der Waals surface area (Å²) in [4.78, 5) is 43.2. The van der Waals surface area contributed by atoms with Crippen LogP contribution in [0, 0.1) is 12.8 Å². The molecule has 1 aromatic rings. The van der Waals surface area contributed by atoms with E-state index in [0.29, 0.717) is 30.2 Å². The van der Waals surface area contributed by atoms with Gasteiger partial charge in [0.25, 0.3) is 11.8 Å². The number of carbonyl (C=O) groups excluding carboxylic acids is 3. The fraction of sp³-hybridized carbons (Fsp3) is 0.647. The number of amides is 3. The Labute approximate surface area is 167 Å². The van der Waals surface area contributed by atoms with Gasteiger partial charge in [0.1, 0.15) is 10.9 Å². The second-order valence-corrected chi connectivity index (χ2v) is 7.75. The molecule has 0 bridgehead atoms. The Morgan fingerprint density at radius 3 is 2.54 bits per heavy atom. The lowest BCUT2D eigenvalue weighted by atomic mass is 10.0. The minimum Gasteiger partial charge on any atom is -0.453 e. The maximum absolute atomic E-state index is 12.5. The van der Waals surface area contributed by atoms with Gasteiger partial charge in [-0.25, -0.2) is 9.78 Å². The number of anilines is 1. The third-order valence-corrected chi connectivity index (χ3v) is 5.29. The van der Waals surface area contributed by atoms with E-state index in [1.54, 1.807) is 6.92 Å². The average Bonchev–Trinajstić information content (AvgIpc) is 3.07. The number of hydrogen-bond donors (Lipinski definition) is 3. The molecule has 0 radical (unpaired) electrons. The number of aromatic nitrogens is 1. The summed E-state index contributed by atoms with van der Waals surface area (Å²) in [6, 6.07) is -0.820. The quantitative estimate of drug-likeness (QED) is 0.590. The Hall–Kier alpha value is -2.40. The minimum absolute atomic E-state index is 0.156. The van der Waals surface area contributed by atoms with Gasteiger partial charge in [0.15, 0.2) is 5.13 Å². The van der Waals surface area contributed by atoms with Crippen molar-refractivity contribution in [3.63, 3.8) is 0 Å². The predicted octanol–water partition coefficient (Wildman–Crippen LogP) is 0.820. The molecule has 3 N–H and O–H groups in total. The zero-order valence-corrected chi connectivity index (χ0v) is 17.4. The van der Waals surface area contributed by atoms with Crippen LogP contribution in [0.25, 0.3) is 0 Å². The molecule has 0 saturated carbocycles. The molecule has 1 aromatic heterocycles. The van der Waals surface area contributed by atoms with E-state index >= 15 is 0 Å². The summed E-state index contributed by atoms with van der Waals surface area (Å²) in [7, 11) is 1.22. The SMILES string of the molecule is COC(=O)NC(CC(C)C)C(=O)NNC(=O)c1sc(N2CCOCC2)nc1C. The summed E-state index contributed by atoms with van der Waals surface area (Å²) in [6.07, 6.45) is -0.307. The molecule has 156 valence electrons. The fourth-order valence-electron chi connectivity index (χ4n) is 2.65. The number of hydrazine groups is 1. The number of ether oxygens (including phenoxy) is 2. The van der Waals surface area contributed by atoms with E-state index in [0.717, 1.165) is 18.2 Å². The van der Waals surface area contributed by atoms with Crippen LogP contribution >= 0.6 is 11.3 Å². The highest BCUT2D eigenvalue weighted by Crippen LogP contribution is 2.26. The van der Waals surface area contributed by atoms with Crippen molar-refractivity contribution in [3.8, 4) is 0 Å². The lowest BCUT2D eigenvalue weighted by Crippen LogP contribution is -2.52. The van der Waals surface area contributed by atoms with Crippen molar-refractivity contribution in [3.05, 3.63) is 10.6 Å². The largest absolute Gasteiger partial charge is 0.453 e. The number of rotatable bonds is 6. The van der Waals surface area contributed by atoms with E-state index in [1.807, 2.05) is 13.8 Å². The van der Waals surface area contributed by atoms with Gasteiger partial charge in [-0.15, -0.1) is 0 Å². The first-order valence-corrected chi connectivity index (χ1v) is 9.88. The standard InChI is InChI=1S/C17H27N5O5S/c1-10(2)9-12(19-17(25)26-4)14(23)20-21-15(24)13-11(3)18-16(28-13)22-5-7-27-8-6-22/h10,12H,5-9H2,1-4H3,(H,19,25)(H,20,23)(H,21,24). The molecule has 11 heteroatoms. The van der Waals surface area contributed by atoms with Crippen molar-refractivity contribution in [2.45, 2.75) is 33.2 Å². The first-order valence-electron chi connectivity index (χ1n) is 9.06. The zero-order valence-electron chi connectivity index (χ0n) is 16.5. The van der Waals surface area contributed by atoms with Gasteiger partial charge in [0.05, 0.1) is 26.0 Å². The van der Waals surface area contributed by atoms with Crippen LogP contribution in [0.1, 0.15) is 35.6 Å². The minimum atomic E-state index is -0.820. The molecule has 1 saturated heterocycles. The zero-order chi connectivity index (χ0) is 20.7.